The van der Waals surface area contributed by atoms with E-state index in [0.29, 0.717) is 12.3 Å². The molecule has 1 aliphatic heterocycles. The molecule has 80 valence electrons. The van der Waals surface area contributed by atoms with E-state index in [2.05, 4.69) is 40.2 Å². The number of amides is 1. The Hall–Kier alpha value is -0.300. The van der Waals surface area contributed by atoms with E-state index >= 15 is 0 Å². The fourth-order valence-corrected chi connectivity index (χ4v) is 2.35. The molecule has 1 aromatic rings. The maximum Gasteiger partial charge on any atom is 0.228 e. The van der Waals surface area contributed by atoms with Crippen molar-refractivity contribution in [2.45, 2.75) is 6.42 Å². The zero-order valence-electron chi connectivity index (χ0n) is 8.06. The smallest absolute Gasteiger partial charge is 0.228 e. The highest BCUT2D eigenvalue weighted by molar-refractivity contribution is 14.1. The van der Waals surface area contributed by atoms with Crippen LogP contribution in [0.3, 0.4) is 0 Å². The van der Waals surface area contributed by atoms with E-state index in [1.165, 1.54) is 0 Å². The van der Waals surface area contributed by atoms with Crippen LogP contribution in [0.2, 0.25) is 0 Å². The van der Waals surface area contributed by atoms with Crippen LogP contribution in [-0.4, -0.2) is 23.2 Å². The van der Waals surface area contributed by atoms with Gasteiger partial charge in [0, 0.05) is 22.7 Å². The molecule has 3 nitrogen and oxygen atoms in total. The van der Waals surface area contributed by atoms with E-state index in [9.17, 15) is 4.79 Å². The van der Waals surface area contributed by atoms with Gasteiger partial charge in [-0.25, -0.2) is 4.98 Å². The third kappa shape index (κ3) is 2.44. The van der Waals surface area contributed by atoms with Gasteiger partial charge in [-0.3, -0.25) is 9.69 Å². The summed E-state index contributed by atoms with van der Waals surface area (Å²) in [5.41, 5.74) is 0. The van der Waals surface area contributed by atoms with Crippen LogP contribution in [0.1, 0.15) is 6.42 Å². The van der Waals surface area contributed by atoms with Crippen molar-refractivity contribution in [2.24, 2.45) is 5.92 Å². The summed E-state index contributed by atoms with van der Waals surface area (Å²) in [6, 6.07) is 3.85. The van der Waals surface area contributed by atoms with E-state index in [-0.39, 0.29) is 5.91 Å². The summed E-state index contributed by atoms with van der Waals surface area (Å²) in [7, 11) is 0. The molecule has 2 rings (SSSR count). The minimum atomic E-state index is 0.156. The van der Waals surface area contributed by atoms with Crippen molar-refractivity contribution in [3.63, 3.8) is 0 Å². The number of nitrogens with zero attached hydrogens (tertiary/aromatic N) is 2. The molecule has 0 bridgehead atoms. The normalized spacial score (nSPS) is 21.1. The fraction of sp³-hybridized carbons (Fsp3) is 0.400. The predicted octanol–water partition coefficient (Wildman–Crippen LogP) is 1.97. The maximum absolute atomic E-state index is 11.7. The van der Waals surface area contributed by atoms with E-state index in [4.69, 9.17) is 0 Å². The Kier molecular flexibility index (Phi) is 3.50. The molecule has 1 unspecified atom stereocenters. The van der Waals surface area contributed by atoms with E-state index in [0.717, 1.165) is 21.7 Å². The Morgan fingerprint density at radius 3 is 3.07 bits per heavy atom. The third-order valence-corrected chi connectivity index (χ3v) is 3.63. The molecule has 1 fully saturated rings. The number of thiol groups is 1. The Labute approximate surface area is 108 Å². The quantitative estimate of drug-likeness (QED) is 0.663. The zero-order chi connectivity index (χ0) is 10.8. The first-order valence-corrected chi connectivity index (χ1v) is 6.44. The lowest BCUT2D eigenvalue weighted by molar-refractivity contribution is -0.117. The Morgan fingerprint density at radius 1 is 1.67 bits per heavy atom. The highest BCUT2D eigenvalue weighted by Crippen LogP contribution is 2.24. The number of halogens is 1. The summed E-state index contributed by atoms with van der Waals surface area (Å²) >= 11 is 6.45. The Bertz CT molecular complexity index is 385. The molecule has 5 heteroatoms. The van der Waals surface area contributed by atoms with Crippen LogP contribution in [0.15, 0.2) is 18.3 Å². The Balaban J connectivity index is 2.21. The lowest BCUT2D eigenvalue weighted by atomic mass is 10.1. The van der Waals surface area contributed by atoms with Gasteiger partial charge in [0.15, 0.2) is 0 Å². The predicted molar refractivity (Wildman–Crippen MR) is 71.3 cm³/mol. The van der Waals surface area contributed by atoms with Crippen LogP contribution in [0.4, 0.5) is 5.82 Å². The van der Waals surface area contributed by atoms with Crippen molar-refractivity contribution in [2.75, 3.05) is 17.2 Å². The second-order valence-corrected chi connectivity index (χ2v) is 5.20. The number of carbonyl (C=O) groups is 1. The minimum absolute atomic E-state index is 0.156. The number of aromatic nitrogens is 1. The van der Waals surface area contributed by atoms with Crippen LogP contribution in [-0.2, 0) is 4.79 Å². The molecule has 1 aliphatic rings. The highest BCUT2D eigenvalue weighted by atomic mass is 127. The summed E-state index contributed by atoms with van der Waals surface area (Å²) in [5.74, 6) is 2.03. The number of carbonyl (C=O) groups excluding carboxylic acids is 1. The van der Waals surface area contributed by atoms with Gasteiger partial charge < -0.3 is 0 Å². The molecule has 0 N–H and O–H groups in total. The molecule has 2 heterocycles. The number of hydrogen-bond donors (Lipinski definition) is 1. The van der Waals surface area contributed by atoms with Crippen LogP contribution in [0.25, 0.3) is 0 Å². The van der Waals surface area contributed by atoms with Gasteiger partial charge >= 0.3 is 0 Å². The summed E-state index contributed by atoms with van der Waals surface area (Å²) < 4.78 is 1.10. The first-order chi connectivity index (χ1) is 7.20. The van der Waals surface area contributed by atoms with Gasteiger partial charge in [0.25, 0.3) is 0 Å². The number of rotatable bonds is 2. The van der Waals surface area contributed by atoms with Crippen LogP contribution >= 0.6 is 35.2 Å². The number of hydrogen-bond acceptors (Lipinski definition) is 3. The van der Waals surface area contributed by atoms with E-state index in [1.54, 1.807) is 11.1 Å². The largest absolute Gasteiger partial charge is 0.296 e. The first-order valence-electron chi connectivity index (χ1n) is 4.73. The van der Waals surface area contributed by atoms with Crippen molar-refractivity contribution in [3.05, 3.63) is 21.9 Å². The van der Waals surface area contributed by atoms with E-state index in [1.807, 2.05) is 12.1 Å². The molecular formula is C10H11IN2OS. The molecule has 0 aromatic carbocycles. The van der Waals surface area contributed by atoms with Gasteiger partial charge in [-0.1, -0.05) is 0 Å². The zero-order valence-corrected chi connectivity index (χ0v) is 11.1. The summed E-state index contributed by atoms with van der Waals surface area (Å²) in [6.45, 7) is 0.745. The number of anilines is 1. The summed E-state index contributed by atoms with van der Waals surface area (Å²) in [4.78, 5) is 17.7. The summed E-state index contributed by atoms with van der Waals surface area (Å²) in [6.07, 6.45) is 2.33. The molecule has 0 saturated carbocycles. The monoisotopic (exact) mass is 334 g/mol. The van der Waals surface area contributed by atoms with Crippen molar-refractivity contribution in [1.82, 2.24) is 4.98 Å². The van der Waals surface area contributed by atoms with Gasteiger partial charge in [0.1, 0.15) is 5.82 Å². The van der Waals surface area contributed by atoms with Gasteiger partial charge in [0.05, 0.1) is 0 Å². The van der Waals surface area contributed by atoms with Gasteiger partial charge in [-0.15, -0.1) is 0 Å². The SMILES string of the molecule is O=C1CC(CS)CN1c1cc(I)ccn1. The number of pyridine rings is 1. The average molecular weight is 334 g/mol. The molecule has 1 aromatic heterocycles. The van der Waals surface area contributed by atoms with E-state index < -0.39 is 0 Å². The van der Waals surface area contributed by atoms with Gasteiger partial charge in [-0.2, -0.15) is 12.6 Å². The average Bonchev–Trinajstić information content (AvgIpc) is 2.60. The van der Waals surface area contributed by atoms with Crippen molar-refractivity contribution in [3.8, 4) is 0 Å². The lowest BCUT2D eigenvalue weighted by Gasteiger charge is -2.15. The topological polar surface area (TPSA) is 33.2 Å². The molecule has 1 saturated heterocycles. The third-order valence-electron chi connectivity index (χ3n) is 2.45. The second kappa shape index (κ2) is 4.69. The highest BCUT2D eigenvalue weighted by Gasteiger charge is 2.30. The van der Waals surface area contributed by atoms with Crippen molar-refractivity contribution < 1.29 is 4.79 Å². The van der Waals surface area contributed by atoms with Crippen LogP contribution in [0.5, 0.6) is 0 Å². The van der Waals surface area contributed by atoms with Crippen LogP contribution in [0, 0.1) is 9.49 Å². The lowest BCUT2D eigenvalue weighted by Crippen LogP contribution is -2.25. The second-order valence-electron chi connectivity index (χ2n) is 3.59. The molecule has 0 spiro atoms. The van der Waals surface area contributed by atoms with Gasteiger partial charge in [-0.05, 0) is 46.4 Å². The van der Waals surface area contributed by atoms with Crippen molar-refractivity contribution in [1.29, 1.82) is 0 Å². The van der Waals surface area contributed by atoms with Crippen molar-refractivity contribution >= 4 is 46.9 Å². The van der Waals surface area contributed by atoms with Gasteiger partial charge in [0.2, 0.25) is 5.91 Å². The summed E-state index contributed by atoms with van der Waals surface area (Å²) in [5, 5.41) is 0. The molecule has 0 radical (unpaired) electrons. The molecular weight excluding hydrogens is 323 g/mol. The van der Waals surface area contributed by atoms with Crippen LogP contribution < -0.4 is 4.90 Å². The fourth-order valence-electron chi connectivity index (χ4n) is 1.67. The maximum atomic E-state index is 11.7. The molecule has 0 aliphatic carbocycles. The Morgan fingerprint density at radius 2 is 2.47 bits per heavy atom. The molecule has 15 heavy (non-hydrogen) atoms. The standard InChI is InChI=1S/C10H11IN2OS/c11-8-1-2-12-9(4-8)13-5-7(6-15)3-10(13)14/h1-2,4,7,15H,3,5-6H2. The molecule has 1 amide bonds. The first kappa shape index (κ1) is 11.2. The molecule has 1 atom stereocenters. The minimum Gasteiger partial charge on any atom is -0.296 e.